The number of nitrogens with zero attached hydrogens (tertiary/aromatic N) is 1. The van der Waals surface area contributed by atoms with Gasteiger partial charge in [-0.25, -0.2) is 0 Å². The Kier molecular flexibility index (Phi) is 4.38. The highest BCUT2D eigenvalue weighted by atomic mass is 79.9. The van der Waals surface area contributed by atoms with E-state index < -0.39 is 0 Å². The van der Waals surface area contributed by atoms with E-state index in [1.807, 2.05) is 6.07 Å². The predicted octanol–water partition coefficient (Wildman–Crippen LogP) is 4.13. The van der Waals surface area contributed by atoms with Crippen molar-refractivity contribution < 1.29 is 14.2 Å². The van der Waals surface area contributed by atoms with Crippen LogP contribution in [0.15, 0.2) is 28.7 Å². The molecule has 0 radical (unpaired) electrons. The number of benzene rings is 2. The Labute approximate surface area is 156 Å². The van der Waals surface area contributed by atoms with Crippen LogP contribution in [0, 0.1) is 0 Å². The van der Waals surface area contributed by atoms with Crippen molar-refractivity contribution in [1.82, 2.24) is 4.90 Å². The minimum absolute atomic E-state index is 0.400. The Morgan fingerprint density at radius 3 is 2.52 bits per heavy atom. The third-order valence-corrected chi connectivity index (χ3v) is 6.02. The summed E-state index contributed by atoms with van der Waals surface area (Å²) in [4.78, 5) is 2.55. The molecule has 0 spiro atoms. The van der Waals surface area contributed by atoms with Crippen molar-refractivity contribution in [2.75, 3.05) is 27.9 Å². The normalized spacial score (nSPS) is 18.8. The van der Waals surface area contributed by atoms with Gasteiger partial charge < -0.3 is 14.2 Å². The Morgan fingerprint density at radius 1 is 1.00 bits per heavy atom. The predicted molar refractivity (Wildman–Crippen MR) is 101 cm³/mol. The van der Waals surface area contributed by atoms with E-state index in [2.05, 4.69) is 39.0 Å². The van der Waals surface area contributed by atoms with E-state index >= 15 is 0 Å². The van der Waals surface area contributed by atoms with Crippen LogP contribution in [-0.2, 0) is 19.4 Å². The molecule has 2 aromatic rings. The van der Waals surface area contributed by atoms with Crippen LogP contribution in [0.4, 0.5) is 0 Å². The molecule has 4 rings (SSSR count). The number of hydrogen-bond donors (Lipinski definition) is 0. The molecule has 5 heteroatoms. The Hall–Kier alpha value is -1.72. The third-order valence-electron chi connectivity index (χ3n) is 5.40. The van der Waals surface area contributed by atoms with Crippen LogP contribution in [0.5, 0.6) is 17.2 Å². The van der Waals surface area contributed by atoms with Gasteiger partial charge in [0.2, 0.25) is 0 Å². The van der Waals surface area contributed by atoms with Crippen LogP contribution < -0.4 is 14.2 Å². The van der Waals surface area contributed by atoms with Gasteiger partial charge >= 0.3 is 0 Å². The van der Waals surface area contributed by atoms with Crippen molar-refractivity contribution in [3.05, 3.63) is 51.0 Å². The summed E-state index contributed by atoms with van der Waals surface area (Å²) in [7, 11) is 5.13. The fourth-order valence-corrected chi connectivity index (χ4v) is 4.67. The number of rotatable bonds is 3. The first kappa shape index (κ1) is 16.7. The fourth-order valence-electron chi connectivity index (χ4n) is 4.15. The molecule has 132 valence electrons. The molecule has 0 aliphatic carbocycles. The molecule has 4 nitrogen and oxygen atoms in total. The van der Waals surface area contributed by atoms with Crippen molar-refractivity contribution in [3.63, 3.8) is 0 Å². The second-order valence-electron chi connectivity index (χ2n) is 6.56. The van der Waals surface area contributed by atoms with Gasteiger partial charge in [0.15, 0.2) is 11.5 Å². The smallest absolute Gasteiger partial charge is 0.165 e. The van der Waals surface area contributed by atoms with E-state index in [0.717, 1.165) is 47.7 Å². The molecule has 0 aromatic heterocycles. The van der Waals surface area contributed by atoms with Crippen molar-refractivity contribution in [2.45, 2.75) is 25.4 Å². The second-order valence-corrected chi connectivity index (χ2v) is 7.42. The molecule has 0 saturated carbocycles. The van der Waals surface area contributed by atoms with Crippen LogP contribution >= 0.6 is 15.9 Å². The standard InChI is InChI=1S/C20H22BrNO3/c1-23-18-5-4-12-8-17-14-10-16(21)19(24-2)9-13(14)6-7-22(17)11-15(12)20(18)25-3/h4-5,9-10,17H,6-8,11H2,1-3H3/t17-/m0/s1. The topological polar surface area (TPSA) is 30.9 Å². The molecular weight excluding hydrogens is 382 g/mol. The maximum atomic E-state index is 5.66. The summed E-state index contributed by atoms with van der Waals surface area (Å²) < 4.78 is 17.6. The zero-order valence-corrected chi connectivity index (χ0v) is 16.4. The van der Waals surface area contributed by atoms with Gasteiger partial charge in [-0.1, -0.05) is 6.07 Å². The van der Waals surface area contributed by atoms with Gasteiger partial charge in [-0.15, -0.1) is 0 Å². The first-order chi connectivity index (χ1) is 12.2. The van der Waals surface area contributed by atoms with Crippen LogP contribution in [-0.4, -0.2) is 32.8 Å². The largest absolute Gasteiger partial charge is 0.496 e. The van der Waals surface area contributed by atoms with Gasteiger partial charge in [-0.05, 0) is 63.7 Å². The van der Waals surface area contributed by atoms with Gasteiger partial charge in [0.25, 0.3) is 0 Å². The number of fused-ring (bicyclic) bond motifs is 4. The molecule has 0 fully saturated rings. The lowest BCUT2D eigenvalue weighted by molar-refractivity contribution is 0.157. The van der Waals surface area contributed by atoms with Crippen molar-refractivity contribution in [3.8, 4) is 17.2 Å². The Bertz CT molecular complexity index is 821. The lowest BCUT2D eigenvalue weighted by Gasteiger charge is -2.42. The van der Waals surface area contributed by atoms with Crippen LogP contribution in [0.25, 0.3) is 0 Å². The highest BCUT2D eigenvalue weighted by Crippen LogP contribution is 2.45. The molecule has 2 aromatic carbocycles. The Balaban J connectivity index is 1.76. The van der Waals surface area contributed by atoms with Crippen LogP contribution in [0.3, 0.4) is 0 Å². The van der Waals surface area contributed by atoms with E-state index in [1.54, 1.807) is 21.3 Å². The quantitative estimate of drug-likeness (QED) is 0.770. The second kappa shape index (κ2) is 6.54. The molecular formula is C20H22BrNO3. The summed E-state index contributed by atoms with van der Waals surface area (Å²) in [5.74, 6) is 2.60. The summed E-state index contributed by atoms with van der Waals surface area (Å²) >= 11 is 3.65. The van der Waals surface area contributed by atoms with Gasteiger partial charge in [0.05, 0.1) is 25.8 Å². The lowest BCUT2D eigenvalue weighted by Crippen LogP contribution is -2.39. The minimum atomic E-state index is 0.400. The number of halogens is 1. The minimum Gasteiger partial charge on any atom is -0.496 e. The SMILES string of the molecule is COc1cc2c(cc1Br)[C@@H]1Cc3ccc(OC)c(OC)c3CN1CC2. The molecule has 0 N–H and O–H groups in total. The first-order valence-electron chi connectivity index (χ1n) is 8.49. The molecule has 1 atom stereocenters. The van der Waals surface area contributed by atoms with Gasteiger partial charge in [-0.2, -0.15) is 0 Å². The van der Waals surface area contributed by atoms with Gasteiger partial charge in [-0.3, -0.25) is 4.90 Å². The number of ether oxygens (including phenoxy) is 3. The number of methoxy groups -OCH3 is 3. The van der Waals surface area contributed by atoms with E-state index in [-0.39, 0.29) is 0 Å². The average molecular weight is 404 g/mol. The Morgan fingerprint density at radius 2 is 1.80 bits per heavy atom. The molecule has 2 aliphatic heterocycles. The van der Waals surface area contributed by atoms with E-state index in [4.69, 9.17) is 14.2 Å². The first-order valence-corrected chi connectivity index (χ1v) is 9.28. The summed E-state index contributed by atoms with van der Waals surface area (Å²) in [6, 6.07) is 9.01. The molecule has 0 saturated heterocycles. The van der Waals surface area contributed by atoms with E-state index in [0.29, 0.717) is 6.04 Å². The monoisotopic (exact) mass is 403 g/mol. The summed E-state index contributed by atoms with van der Waals surface area (Å²) in [6.45, 7) is 1.94. The van der Waals surface area contributed by atoms with Crippen LogP contribution in [0.2, 0.25) is 0 Å². The summed E-state index contributed by atoms with van der Waals surface area (Å²) in [5.41, 5.74) is 5.40. The molecule has 0 bridgehead atoms. The molecule has 25 heavy (non-hydrogen) atoms. The zero-order valence-electron chi connectivity index (χ0n) is 14.8. The van der Waals surface area contributed by atoms with Gasteiger partial charge in [0.1, 0.15) is 5.75 Å². The molecule has 0 amide bonds. The van der Waals surface area contributed by atoms with Crippen molar-refractivity contribution in [1.29, 1.82) is 0 Å². The molecule has 2 heterocycles. The van der Waals surface area contributed by atoms with Crippen molar-refractivity contribution >= 4 is 15.9 Å². The average Bonchev–Trinajstić information content (AvgIpc) is 2.65. The third kappa shape index (κ3) is 2.70. The van der Waals surface area contributed by atoms with E-state index in [9.17, 15) is 0 Å². The van der Waals surface area contributed by atoms with E-state index in [1.165, 1.54) is 22.3 Å². The lowest BCUT2D eigenvalue weighted by atomic mass is 9.83. The zero-order chi connectivity index (χ0) is 17.6. The molecule has 2 aliphatic rings. The maximum absolute atomic E-state index is 5.66. The summed E-state index contributed by atoms with van der Waals surface area (Å²) in [6.07, 6.45) is 2.03. The van der Waals surface area contributed by atoms with Crippen LogP contribution in [0.1, 0.15) is 28.3 Å². The van der Waals surface area contributed by atoms with Gasteiger partial charge in [0, 0.05) is 24.7 Å². The maximum Gasteiger partial charge on any atom is 0.165 e. The highest BCUT2D eigenvalue weighted by molar-refractivity contribution is 9.10. The number of hydrogen-bond acceptors (Lipinski definition) is 4. The fraction of sp³-hybridized carbons (Fsp3) is 0.400. The van der Waals surface area contributed by atoms with Crippen molar-refractivity contribution in [2.24, 2.45) is 0 Å². The molecule has 0 unspecified atom stereocenters. The highest BCUT2D eigenvalue weighted by Gasteiger charge is 2.34. The summed E-state index contributed by atoms with van der Waals surface area (Å²) in [5, 5.41) is 0.